The van der Waals surface area contributed by atoms with Gasteiger partial charge in [-0.05, 0) is 12.6 Å². The highest BCUT2D eigenvalue weighted by molar-refractivity contribution is 4.98. The second-order valence-electron chi connectivity index (χ2n) is 2.23. The van der Waals surface area contributed by atoms with Crippen LogP contribution >= 0.6 is 0 Å². The van der Waals surface area contributed by atoms with Gasteiger partial charge in [0.05, 0.1) is 5.69 Å². The van der Waals surface area contributed by atoms with Gasteiger partial charge < -0.3 is 5.32 Å². The molecule has 0 aromatic carbocycles. The molecule has 0 bridgehead atoms. The van der Waals surface area contributed by atoms with Crippen molar-refractivity contribution in [2.75, 3.05) is 6.54 Å². The van der Waals surface area contributed by atoms with Crippen molar-refractivity contribution >= 4 is 0 Å². The fraction of sp³-hybridized carbons (Fsp3) is 0.571. The Bertz CT molecular complexity index is 192. The average Bonchev–Trinajstić information content (AvgIpc) is 2.31. The number of aryl methyl sites for hydroxylation is 1. The molecule has 0 amide bonds. The van der Waals surface area contributed by atoms with Crippen LogP contribution in [-0.4, -0.2) is 16.3 Å². The summed E-state index contributed by atoms with van der Waals surface area (Å²) < 4.78 is 1.88. The van der Waals surface area contributed by atoms with E-state index in [0.29, 0.717) is 0 Å². The summed E-state index contributed by atoms with van der Waals surface area (Å²) in [6.45, 7) is 4.01. The van der Waals surface area contributed by atoms with Crippen LogP contribution in [0.25, 0.3) is 0 Å². The van der Waals surface area contributed by atoms with E-state index in [9.17, 15) is 0 Å². The minimum atomic E-state index is 0.910. The molecular formula is C7H13N3. The summed E-state index contributed by atoms with van der Waals surface area (Å²) in [5, 5.41) is 7.28. The molecule has 0 aliphatic rings. The van der Waals surface area contributed by atoms with E-state index >= 15 is 0 Å². The third-order valence-corrected chi connectivity index (χ3v) is 1.48. The Balaban J connectivity index is 2.49. The Labute approximate surface area is 61.0 Å². The molecule has 1 heterocycles. The van der Waals surface area contributed by atoms with E-state index in [1.807, 2.05) is 24.0 Å². The van der Waals surface area contributed by atoms with Crippen LogP contribution in [0.4, 0.5) is 0 Å². The Hall–Kier alpha value is -0.830. The van der Waals surface area contributed by atoms with Crippen molar-refractivity contribution in [1.29, 1.82) is 0 Å². The van der Waals surface area contributed by atoms with Gasteiger partial charge in [0.1, 0.15) is 0 Å². The molecule has 3 heteroatoms. The molecule has 0 saturated heterocycles. The number of aromatic nitrogens is 2. The highest BCUT2D eigenvalue weighted by Gasteiger charge is 1.94. The van der Waals surface area contributed by atoms with Crippen molar-refractivity contribution in [1.82, 2.24) is 15.1 Å². The van der Waals surface area contributed by atoms with Crippen LogP contribution in [0.15, 0.2) is 12.3 Å². The Kier molecular flexibility index (Phi) is 2.45. The maximum absolute atomic E-state index is 4.05. The number of hydrogen-bond acceptors (Lipinski definition) is 2. The predicted octanol–water partition coefficient (Wildman–Crippen LogP) is 0.530. The molecule has 0 atom stereocenters. The van der Waals surface area contributed by atoms with Crippen molar-refractivity contribution in [2.24, 2.45) is 7.05 Å². The second kappa shape index (κ2) is 3.37. The summed E-state index contributed by atoms with van der Waals surface area (Å²) in [5.41, 5.74) is 1.22. The Morgan fingerprint density at radius 1 is 1.70 bits per heavy atom. The van der Waals surface area contributed by atoms with Crippen molar-refractivity contribution in [2.45, 2.75) is 13.5 Å². The zero-order valence-electron chi connectivity index (χ0n) is 6.46. The maximum atomic E-state index is 4.05. The first kappa shape index (κ1) is 7.28. The van der Waals surface area contributed by atoms with Crippen molar-refractivity contribution in [3.05, 3.63) is 18.0 Å². The van der Waals surface area contributed by atoms with Gasteiger partial charge in [0.15, 0.2) is 0 Å². The van der Waals surface area contributed by atoms with Gasteiger partial charge in [-0.2, -0.15) is 5.10 Å². The SMILES string of the molecule is CCNCc1ccnn1C. The zero-order valence-corrected chi connectivity index (χ0v) is 6.46. The standard InChI is InChI=1S/C7H13N3/c1-3-8-6-7-4-5-9-10(7)2/h4-5,8H,3,6H2,1-2H3. The highest BCUT2D eigenvalue weighted by Crippen LogP contribution is 1.93. The largest absolute Gasteiger partial charge is 0.311 e. The van der Waals surface area contributed by atoms with Gasteiger partial charge in [0.25, 0.3) is 0 Å². The van der Waals surface area contributed by atoms with Crippen LogP contribution in [0.1, 0.15) is 12.6 Å². The van der Waals surface area contributed by atoms with Gasteiger partial charge in [0, 0.05) is 19.8 Å². The summed E-state index contributed by atoms with van der Waals surface area (Å²) >= 11 is 0. The molecule has 0 aliphatic heterocycles. The van der Waals surface area contributed by atoms with Crippen LogP contribution in [0.5, 0.6) is 0 Å². The summed E-state index contributed by atoms with van der Waals surface area (Å²) in [6, 6.07) is 2.02. The smallest absolute Gasteiger partial charge is 0.0518 e. The maximum Gasteiger partial charge on any atom is 0.0518 e. The van der Waals surface area contributed by atoms with Gasteiger partial charge in [-0.15, -0.1) is 0 Å². The Morgan fingerprint density at radius 2 is 2.50 bits per heavy atom. The summed E-state index contributed by atoms with van der Waals surface area (Å²) in [7, 11) is 1.95. The third kappa shape index (κ3) is 1.57. The minimum absolute atomic E-state index is 0.910. The van der Waals surface area contributed by atoms with Gasteiger partial charge in [-0.1, -0.05) is 6.92 Å². The molecule has 3 nitrogen and oxygen atoms in total. The van der Waals surface area contributed by atoms with E-state index < -0.39 is 0 Å². The normalized spacial score (nSPS) is 10.2. The topological polar surface area (TPSA) is 29.9 Å². The fourth-order valence-electron chi connectivity index (χ4n) is 0.828. The van der Waals surface area contributed by atoms with E-state index in [1.54, 1.807) is 0 Å². The van der Waals surface area contributed by atoms with E-state index in [0.717, 1.165) is 13.1 Å². The molecule has 10 heavy (non-hydrogen) atoms. The number of nitrogens with zero attached hydrogens (tertiary/aromatic N) is 2. The number of rotatable bonds is 3. The molecule has 0 unspecified atom stereocenters. The van der Waals surface area contributed by atoms with Gasteiger partial charge in [-0.25, -0.2) is 0 Å². The van der Waals surface area contributed by atoms with E-state index in [-0.39, 0.29) is 0 Å². The Morgan fingerprint density at radius 3 is 3.00 bits per heavy atom. The summed E-state index contributed by atoms with van der Waals surface area (Å²) in [6.07, 6.45) is 1.81. The minimum Gasteiger partial charge on any atom is -0.311 e. The molecule has 1 N–H and O–H groups in total. The van der Waals surface area contributed by atoms with E-state index in [1.165, 1.54) is 5.69 Å². The lowest BCUT2D eigenvalue weighted by atomic mass is 10.4. The molecule has 1 rings (SSSR count). The number of hydrogen-bond donors (Lipinski definition) is 1. The van der Waals surface area contributed by atoms with Crippen LogP contribution < -0.4 is 5.32 Å². The second-order valence-corrected chi connectivity index (χ2v) is 2.23. The lowest BCUT2D eigenvalue weighted by Crippen LogP contribution is -2.14. The monoisotopic (exact) mass is 139 g/mol. The molecule has 56 valence electrons. The van der Waals surface area contributed by atoms with Crippen LogP contribution in [0.3, 0.4) is 0 Å². The summed E-state index contributed by atoms with van der Waals surface area (Å²) in [5.74, 6) is 0. The van der Waals surface area contributed by atoms with E-state index in [2.05, 4.69) is 17.3 Å². The lowest BCUT2D eigenvalue weighted by Gasteiger charge is -2.00. The summed E-state index contributed by atoms with van der Waals surface area (Å²) in [4.78, 5) is 0. The average molecular weight is 139 g/mol. The lowest BCUT2D eigenvalue weighted by molar-refractivity contribution is 0.643. The number of nitrogens with one attached hydrogen (secondary N) is 1. The van der Waals surface area contributed by atoms with E-state index in [4.69, 9.17) is 0 Å². The van der Waals surface area contributed by atoms with Gasteiger partial charge in [0.2, 0.25) is 0 Å². The molecule has 0 spiro atoms. The van der Waals surface area contributed by atoms with Crippen molar-refractivity contribution < 1.29 is 0 Å². The molecular weight excluding hydrogens is 126 g/mol. The zero-order chi connectivity index (χ0) is 7.40. The van der Waals surface area contributed by atoms with Crippen LogP contribution in [-0.2, 0) is 13.6 Å². The van der Waals surface area contributed by atoms with Gasteiger partial charge >= 0.3 is 0 Å². The first-order valence-electron chi connectivity index (χ1n) is 3.52. The molecule has 0 aliphatic carbocycles. The third-order valence-electron chi connectivity index (χ3n) is 1.48. The first-order chi connectivity index (χ1) is 4.84. The van der Waals surface area contributed by atoms with Crippen molar-refractivity contribution in [3.63, 3.8) is 0 Å². The van der Waals surface area contributed by atoms with Crippen LogP contribution in [0, 0.1) is 0 Å². The predicted molar refractivity (Wildman–Crippen MR) is 40.6 cm³/mol. The van der Waals surface area contributed by atoms with Gasteiger partial charge in [-0.3, -0.25) is 4.68 Å². The quantitative estimate of drug-likeness (QED) is 0.662. The molecule has 1 aromatic heterocycles. The molecule has 0 saturated carbocycles. The van der Waals surface area contributed by atoms with Crippen molar-refractivity contribution in [3.8, 4) is 0 Å². The highest BCUT2D eigenvalue weighted by atomic mass is 15.3. The first-order valence-corrected chi connectivity index (χ1v) is 3.52. The molecule has 1 aromatic rings. The fourth-order valence-corrected chi connectivity index (χ4v) is 0.828. The molecule has 0 radical (unpaired) electrons. The van der Waals surface area contributed by atoms with Crippen LogP contribution in [0.2, 0.25) is 0 Å². The molecule has 0 fully saturated rings.